The third-order valence-electron chi connectivity index (χ3n) is 8.62. The average Bonchev–Trinajstić information content (AvgIpc) is 3.20. The number of imidazole rings is 1. The number of aromatic nitrogens is 4. The minimum absolute atomic E-state index is 0.250. The summed E-state index contributed by atoms with van der Waals surface area (Å²) in [7, 11) is 1.78. The molecule has 11 heteroatoms. The van der Waals surface area contributed by atoms with Crippen molar-refractivity contribution in [2.75, 3.05) is 13.6 Å². The van der Waals surface area contributed by atoms with Gasteiger partial charge in [-0.15, -0.1) is 0 Å². The molecule has 3 N–H and O–H groups in total. The van der Waals surface area contributed by atoms with E-state index in [2.05, 4.69) is 15.3 Å². The molecule has 2 unspecified atom stereocenters. The Bertz CT molecular complexity index is 1620. The number of nitrogens with zero attached hydrogens (tertiary/aromatic N) is 4. The number of fused-ring (bicyclic) bond motifs is 2. The number of rotatable bonds is 4. The first-order valence-corrected chi connectivity index (χ1v) is 13.5. The van der Waals surface area contributed by atoms with Gasteiger partial charge in [-0.2, -0.15) is 0 Å². The maximum Gasteiger partial charge on any atom is 0.407 e. The fourth-order valence-electron chi connectivity index (χ4n) is 6.91. The Labute approximate surface area is 228 Å². The molecule has 1 aliphatic heterocycles. The van der Waals surface area contributed by atoms with E-state index in [1.165, 1.54) is 11.0 Å². The topological polar surface area (TPSA) is 116 Å². The lowest BCUT2D eigenvalue weighted by atomic mass is 9.82. The third kappa shape index (κ3) is 4.34. The summed E-state index contributed by atoms with van der Waals surface area (Å²) in [5.41, 5.74) is 2.74. The molecule has 0 bridgehead atoms. The summed E-state index contributed by atoms with van der Waals surface area (Å²) >= 11 is 0. The van der Waals surface area contributed by atoms with Crippen LogP contribution >= 0.6 is 0 Å². The molecule has 9 nitrogen and oxygen atoms in total. The second kappa shape index (κ2) is 10.5. The van der Waals surface area contributed by atoms with E-state index >= 15 is 4.39 Å². The molecule has 0 saturated carbocycles. The highest BCUT2D eigenvalue weighted by Gasteiger charge is 2.43. The van der Waals surface area contributed by atoms with Crippen LogP contribution in [0.4, 0.5) is 13.6 Å². The molecular weight excluding hydrogens is 518 g/mol. The Hall–Kier alpha value is -4.12. The van der Waals surface area contributed by atoms with E-state index in [1.54, 1.807) is 36.1 Å². The van der Waals surface area contributed by atoms with E-state index < -0.39 is 29.7 Å². The Kier molecular flexibility index (Phi) is 6.83. The number of aromatic amines is 1. The van der Waals surface area contributed by atoms with Gasteiger partial charge >= 0.3 is 11.8 Å². The van der Waals surface area contributed by atoms with Gasteiger partial charge in [-0.3, -0.25) is 14.5 Å². The van der Waals surface area contributed by atoms with Gasteiger partial charge in [0.05, 0.1) is 11.2 Å². The lowest BCUT2D eigenvalue weighted by molar-refractivity contribution is 0.0779. The van der Waals surface area contributed by atoms with Crippen molar-refractivity contribution in [3.63, 3.8) is 0 Å². The van der Waals surface area contributed by atoms with Crippen molar-refractivity contribution in [3.8, 4) is 0 Å². The largest absolute Gasteiger partial charge is 0.465 e. The molecule has 1 aromatic carbocycles. The Morgan fingerprint density at radius 1 is 1.02 bits per heavy atom. The summed E-state index contributed by atoms with van der Waals surface area (Å²) in [5, 5.41) is 13.5. The Balaban J connectivity index is 1.43. The van der Waals surface area contributed by atoms with Crippen molar-refractivity contribution >= 4 is 17.3 Å². The molecular formula is C29H30F2N6O3. The standard InChI is InChI=1S/C29H30F2N6O3/c1-32-25-18(17-5-2-7-21(30)24(17)31)9-10-19(26-20(25)6-3-12-33-26)23-15-16(11-14-36(23)29(39)40)37-22-8-4-13-34-27(22)35-28(37)38/h2-8,12-13,16,18-19,23,25,32H,9-11,14-15H2,1H3,(H,39,40)(H,34,35,38)/t16?,18-,19+,23?,25-/m0/s1. The molecule has 4 heterocycles. The van der Waals surface area contributed by atoms with Crippen LogP contribution in [-0.4, -0.2) is 55.3 Å². The Morgan fingerprint density at radius 3 is 2.58 bits per heavy atom. The first-order chi connectivity index (χ1) is 19.4. The molecule has 1 saturated heterocycles. The average molecular weight is 549 g/mol. The van der Waals surface area contributed by atoms with E-state index in [0.29, 0.717) is 36.8 Å². The van der Waals surface area contributed by atoms with E-state index in [9.17, 15) is 19.1 Å². The number of carboxylic acid groups (broad SMARTS) is 1. The lowest BCUT2D eigenvalue weighted by Gasteiger charge is -2.42. The highest BCUT2D eigenvalue weighted by Crippen LogP contribution is 2.47. The first kappa shape index (κ1) is 26.1. The molecule has 0 spiro atoms. The van der Waals surface area contributed by atoms with Crippen LogP contribution in [0.1, 0.15) is 66.4 Å². The number of benzene rings is 1. The van der Waals surface area contributed by atoms with Gasteiger partial charge in [0.2, 0.25) is 0 Å². The van der Waals surface area contributed by atoms with Crippen molar-refractivity contribution in [2.45, 2.75) is 55.6 Å². The molecule has 4 aromatic rings. The lowest BCUT2D eigenvalue weighted by Crippen LogP contribution is -2.49. The zero-order chi connectivity index (χ0) is 28.0. The van der Waals surface area contributed by atoms with Crippen molar-refractivity contribution in [2.24, 2.45) is 0 Å². The van der Waals surface area contributed by atoms with Crippen molar-refractivity contribution in [1.82, 2.24) is 29.7 Å². The number of hydrogen-bond acceptors (Lipinski definition) is 5. The van der Waals surface area contributed by atoms with Gasteiger partial charge in [0.1, 0.15) is 0 Å². The first-order valence-electron chi connectivity index (χ1n) is 13.5. The van der Waals surface area contributed by atoms with Crippen LogP contribution in [0.2, 0.25) is 0 Å². The molecule has 2 aliphatic rings. The smallest absolute Gasteiger partial charge is 0.407 e. The van der Waals surface area contributed by atoms with Gasteiger partial charge < -0.3 is 15.3 Å². The number of likely N-dealkylation sites (N-methyl/N-ethyl adjacent to an activating group) is 1. The van der Waals surface area contributed by atoms with Gasteiger partial charge in [-0.1, -0.05) is 18.2 Å². The summed E-state index contributed by atoms with van der Waals surface area (Å²) < 4.78 is 31.0. The normalized spacial score (nSPS) is 25.0. The number of nitrogens with one attached hydrogen (secondary N) is 2. The van der Waals surface area contributed by atoms with E-state index in [0.717, 1.165) is 17.3 Å². The quantitative estimate of drug-likeness (QED) is 0.318. The van der Waals surface area contributed by atoms with Gasteiger partial charge in [0.15, 0.2) is 17.3 Å². The molecule has 1 fully saturated rings. The monoisotopic (exact) mass is 548 g/mol. The zero-order valence-corrected chi connectivity index (χ0v) is 21.9. The molecule has 3 aromatic heterocycles. The highest BCUT2D eigenvalue weighted by atomic mass is 19.2. The number of amides is 1. The minimum atomic E-state index is -1.03. The van der Waals surface area contributed by atoms with E-state index in [4.69, 9.17) is 4.98 Å². The van der Waals surface area contributed by atoms with E-state index in [1.807, 2.05) is 18.2 Å². The van der Waals surface area contributed by atoms with Crippen molar-refractivity contribution in [1.29, 1.82) is 0 Å². The fraction of sp³-hybridized carbons (Fsp3) is 0.379. The molecule has 0 radical (unpaired) electrons. The van der Waals surface area contributed by atoms with Crippen LogP contribution in [-0.2, 0) is 0 Å². The van der Waals surface area contributed by atoms with Crippen LogP contribution in [0.5, 0.6) is 0 Å². The SMILES string of the molecule is CN[C@@H]1c2cccnc2[C@@H](C2CC(n3c(=O)[nH]c4ncccc43)CCN2C(=O)O)CC[C@H]1c1cccc(F)c1F. The van der Waals surface area contributed by atoms with Crippen LogP contribution in [0.15, 0.2) is 59.7 Å². The van der Waals surface area contributed by atoms with Crippen LogP contribution in [0, 0.1) is 11.6 Å². The molecule has 1 aliphatic carbocycles. The number of piperidine rings is 1. The number of H-pyrrole nitrogens is 1. The molecule has 5 atom stereocenters. The maximum atomic E-state index is 15.1. The van der Waals surface area contributed by atoms with Gasteiger partial charge in [0.25, 0.3) is 0 Å². The number of halogens is 2. The highest BCUT2D eigenvalue weighted by molar-refractivity contribution is 5.70. The second-order valence-electron chi connectivity index (χ2n) is 10.6. The minimum Gasteiger partial charge on any atom is -0.465 e. The summed E-state index contributed by atoms with van der Waals surface area (Å²) in [6, 6.07) is 10.5. The zero-order valence-electron chi connectivity index (χ0n) is 21.9. The number of pyridine rings is 2. The van der Waals surface area contributed by atoms with Gasteiger partial charge in [0, 0.05) is 48.9 Å². The van der Waals surface area contributed by atoms with Crippen molar-refractivity contribution < 1.29 is 18.7 Å². The van der Waals surface area contributed by atoms with E-state index in [-0.39, 0.29) is 35.8 Å². The second-order valence-corrected chi connectivity index (χ2v) is 10.6. The molecule has 1 amide bonds. The third-order valence-corrected chi connectivity index (χ3v) is 8.62. The van der Waals surface area contributed by atoms with Gasteiger partial charge in [-0.25, -0.2) is 23.4 Å². The number of carbonyl (C=O) groups is 1. The van der Waals surface area contributed by atoms with Crippen LogP contribution < -0.4 is 11.0 Å². The molecule has 208 valence electrons. The number of hydrogen-bond donors (Lipinski definition) is 3. The van der Waals surface area contributed by atoms with Crippen LogP contribution in [0.3, 0.4) is 0 Å². The van der Waals surface area contributed by atoms with Crippen molar-refractivity contribution in [3.05, 3.63) is 93.8 Å². The Morgan fingerprint density at radius 2 is 1.77 bits per heavy atom. The van der Waals surface area contributed by atoms with Gasteiger partial charge in [-0.05, 0) is 68.1 Å². The summed E-state index contributed by atoms with van der Waals surface area (Å²) in [4.78, 5) is 38.7. The summed E-state index contributed by atoms with van der Waals surface area (Å²) in [6.07, 6.45) is 4.13. The summed E-state index contributed by atoms with van der Waals surface area (Å²) in [6.45, 7) is 0.250. The number of likely N-dealkylation sites (tertiary alicyclic amines) is 1. The summed E-state index contributed by atoms with van der Waals surface area (Å²) in [5.74, 6) is -2.47. The predicted molar refractivity (Wildman–Crippen MR) is 144 cm³/mol. The molecule has 40 heavy (non-hydrogen) atoms. The fourth-order valence-corrected chi connectivity index (χ4v) is 6.91. The molecule has 6 rings (SSSR count). The van der Waals surface area contributed by atoms with Crippen LogP contribution in [0.25, 0.3) is 11.2 Å². The maximum absolute atomic E-state index is 15.1. The predicted octanol–water partition coefficient (Wildman–Crippen LogP) is 4.70.